The van der Waals surface area contributed by atoms with Gasteiger partial charge in [-0.25, -0.2) is 20.4 Å². The minimum absolute atomic E-state index is 0.750. The summed E-state index contributed by atoms with van der Waals surface area (Å²) in [5.74, 6) is 0. The molecule has 7 nitrogen and oxygen atoms in total. The summed E-state index contributed by atoms with van der Waals surface area (Å²) < 4.78 is 22.8. The fourth-order valence-electron chi connectivity index (χ4n) is 0. The van der Waals surface area contributed by atoms with Crippen LogP contribution in [0.4, 0.5) is 0 Å². The first-order valence-electron chi connectivity index (χ1n) is 1.44. The molecule has 0 spiro atoms. The molecule has 58 valence electrons. The lowest BCUT2D eigenvalue weighted by molar-refractivity contribution is 0.454. The van der Waals surface area contributed by atoms with Crippen LogP contribution in [0.2, 0.25) is 0 Å². The van der Waals surface area contributed by atoms with Gasteiger partial charge in [-0.2, -0.15) is 4.21 Å². The van der Waals surface area contributed by atoms with Crippen LogP contribution in [0.5, 0.6) is 0 Å². The highest BCUT2D eigenvalue weighted by atomic mass is 32.2. The van der Waals surface area contributed by atoms with E-state index < -0.39 is 11.4 Å². The molecule has 0 unspecified atom stereocenters. The Morgan fingerprint density at radius 1 is 1.10 bits per heavy atom. The van der Waals surface area contributed by atoms with Crippen molar-refractivity contribution in [1.82, 2.24) is 0 Å². The van der Waals surface area contributed by atoms with Crippen LogP contribution in [0.25, 0.3) is 0 Å². The molecular weight excluding hydrogens is 164 g/mol. The lowest BCUT2D eigenvalue weighted by atomic mass is 11.7. The number of isocyanates is 2. The summed E-state index contributed by atoms with van der Waals surface area (Å²) in [6.45, 7) is 0. The second-order valence-corrected chi connectivity index (χ2v) is 0.896. The first-order chi connectivity index (χ1) is 4.56. The standard InChI is InChI=1S/2CHNO.H2O3S/c2*2-1-3;1-4(2)3/h2*2H;(H2,1,2,3). The van der Waals surface area contributed by atoms with Crippen LogP contribution >= 0.6 is 0 Å². The molecule has 0 aliphatic carbocycles. The predicted molar refractivity (Wildman–Crippen MR) is 30.2 cm³/mol. The molecule has 0 bridgehead atoms. The van der Waals surface area contributed by atoms with Gasteiger partial charge in [0.15, 0.2) is 0 Å². The summed E-state index contributed by atoms with van der Waals surface area (Å²) in [4.78, 5) is 16.7. The molecule has 0 aliphatic heterocycles. The summed E-state index contributed by atoms with van der Waals surface area (Å²) >= 11 is -2.61. The monoisotopic (exact) mass is 168 g/mol. The van der Waals surface area contributed by atoms with E-state index in [2.05, 4.69) is 0 Å². The highest BCUT2D eigenvalue weighted by Gasteiger charge is 1.62. The molecule has 0 radical (unpaired) electrons. The highest BCUT2D eigenvalue weighted by Crippen LogP contribution is 1.44. The van der Waals surface area contributed by atoms with E-state index in [9.17, 15) is 0 Å². The van der Waals surface area contributed by atoms with Crippen LogP contribution in [0.15, 0.2) is 0 Å². The number of hydrogen-bond acceptors (Lipinski definition) is 5. The summed E-state index contributed by atoms with van der Waals surface area (Å²) in [5, 5.41) is 10.8. The maximum Gasteiger partial charge on any atom is 0.299 e. The average molecular weight is 168 g/mol. The van der Waals surface area contributed by atoms with Crippen molar-refractivity contribution in [2.75, 3.05) is 0 Å². The first kappa shape index (κ1) is 15.9. The van der Waals surface area contributed by atoms with Crippen LogP contribution in [-0.4, -0.2) is 25.5 Å². The van der Waals surface area contributed by atoms with Gasteiger partial charge in [0.05, 0.1) is 0 Å². The van der Waals surface area contributed by atoms with Gasteiger partial charge in [-0.3, -0.25) is 9.11 Å². The molecule has 0 amide bonds. The molecule has 0 aromatic heterocycles. The molecule has 4 N–H and O–H groups in total. The minimum atomic E-state index is -2.61. The summed E-state index contributed by atoms with van der Waals surface area (Å²) in [6, 6.07) is 0. The molecule has 0 aromatic rings. The van der Waals surface area contributed by atoms with Crippen molar-refractivity contribution in [1.29, 1.82) is 10.8 Å². The number of hydrogen-bond donors (Lipinski definition) is 4. The maximum absolute atomic E-state index is 8.67. The zero-order chi connectivity index (χ0) is 8.99. The Bertz CT molecular complexity index is 128. The lowest BCUT2D eigenvalue weighted by Gasteiger charge is -1.59. The average Bonchev–Trinajstić information content (AvgIpc) is 1.65. The Morgan fingerprint density at radius 3 is 1.10 bits per heavy atom. The minimum Gasteiger partial charge on any atom is -0.284 e. The van der Waals surface area contributed by atoms with Crippen LogP contribution < -0.4 is 0 Å². The molecule has 0 rings (SSSR count). The SMILES string of the molecule is N=C=O.N=C=O.O=S(O)O. The Labute approximate surface area is 58.2 Å². The van der Waals surface area contributed by atoms with E-state index in [1.54, 1.807) is 0 Å². The zero-order valence-electron chi connectivity index (χ0n) is 4.53. The van der Waals surface area contributed by atoms with E-state index >= 15 is 0 Å². The zero-order valence-corrected chi connectivity index (χ0v) is 5.34. The van der Waals surface area contributed by atoms with Crippen molar-refractivity contribution in [3.63, 3.8) is 0 Å². The quantitative estimate of drug-likeness (QED) is 0.219. The van der Waals surface area contributed by atoms with Gasteiger partial charge in [0, 0.05) is 0 Å². The van der Waals surface area contributed by atoms with E-state index in [1.165, 1.54) is 0 Å². The predicted octanol–water partition coefficient (Wildman–Crippen LogP) is -0.517. The Hall–Kier alpha value is -1.17. The lowest BCUT2D eigenvalue weighted by Crippen LogP contribution is -1.74. The first-order valence-corrected chi connectivity index (χ1v) is 2.50. The number of rotatable bonds is 0. The Morgan fingerprint density at radius 2 is 1.10 bits per heavy atom. The van der Waals surface area contributed by atoms with Gasteiger partial charge in [-0.15, -0.1) is 0 Å². The third-order valence-electron chi connectivity index (χ3n) is 0. The van der Waals surface area contributed by atoms with Crippen molar-refractivity contribution in [2.45, 2.75) is 0 Å². The smallest absolute Gasteiger partial charge is 0.284 e. The van der Waals surface area contributed by atoms with Crippen LogP contribution in [0.3, 0.4) is 0 Å². The normalized spacial score (nSPS) is 5.10. The summed E-state index contributed by atoms with van der Waals surface area (Å²) in [7, 11) is 0. The van der Waals surface area contributed by atoms with Crippen molar-refractivity contribution >= 4 is 23.5 Å². The molecule has 0 aromatic carbocycles. The van der Waals surface area contributed by atoms with Crippen molar-refractivity contribution in [3.8, 4) is 0 Å². The molecule has 0 fully saturated rings. The molecule has 10 heavy (non-hydrogen) atoms. The Kier molecular flexibility index (Phi) is 39.7. The highest BCUT2D eigenvalue weighted by molar-refractivity contribution is 7.73. The summed E-state index contributed by atoms with van der Waals surface area (Å²) in [6.07, 6.45) is 1.50. The van der Waals surface area contributed by atoms with Gasteiger partial charge >= 0.3 is 0 Å². The van der Waals surface area contributed by atoms with Crippen LogP contribution in [-0.2, 0) is 21.0 Å². The molecule has 0 aliphatic rings. The Balaban J connectivity index is -0.0000000750. The molecule has 0 saturated carbocycles. The van der Waals surface area contributed by atoms with Gasteiger partial charge in [-0.05, 0) is 0 Å². The fraction of sp³-hybridized carbons (Fsp3) is 0. The molecular formula is C2H4N2O5S. The largest absolute Gasteiger partial charge is 0.299 e. The number of nitrogens with one attached hydrogen (secondary N) is 2. The fourth-order valence-corrected chi connectivity index (χ4v) is 0. The maximum atomic E-state index is 8.67. The topological polar surface area (TPSA) is 139 Å². The van der Waals surface area contributed by atoms with E-state index in [0.29, 0.717) is 0 Å². The van der Waals surface area contributed by atoms with Gasteiger partial charge < -0.3 is 0 Å². The van der Waals surface area contributed by atoms with Gasteiger partial charge in [-0.1, -0.05) is 0 Å². The van der Waals surface area contributed by atoms with Crippen molar-refractivity contribution in [2.24, 2.45) is 0 Å². The van der Waals surface area contributed by atoms with Crippen molar-refractivity contribution in [3.05, 3.63) is 0 Å². The van der Waals surface area contributed by atoms with Crippen molar-refractivity contribution < 1.29 is 22.9 Å². The molecule has 0 heterocycles. The van der Waals surface area contributed by atoms with Gasteiger partial charge in [0.2, 0.25) is 12.2 Å². The van der Waals surface area contributed by atoms with E-state index in [-0.39, 0.29) is 0 Å². The van der Waals surface area contributed by atoms with E-state index in [0.717, 1.165) is 12.2 Å². The molecule has 0 atom stereocenters. The second kappa shape index (κ2) is 24.9. The van der Waals surface area contributed by atoms with E-state index in [1.807, 2.05) is 0 Å². The van der Waals surface area contributed by atoms with E-state index in [4.69, 9.17) is 33.7 Å². The van der Waals surface area contributed by atoms with Gasteiger partial charge in [0.1, 0.15) is 0 Å². The van der Waals surface area contributed by atoms with Gasteiger partial charge in [0.25, 0.3) is 11.4 Å². The third-order valence-corrected chi connectivity index (χ3v) is 0. The van der Waals surface area contributed by atoms with Crippen LogP contribution in [0, 0.1) is 10.8 Å². The summed E-state index contributed by atoms with van der Waals surface area (Å²) in [5.41, 5.74) is 0. The molecule has 8 heteroatoms. The number of carbonyl (C=O) groups excluding carboxylic acids is 2. The second-order valence-electron chi connectivity index (χ2n) is 0.435. The molecule has 0 saturated heterocycles. The van der Waals surface area contributed by atoms with Crippen LogP contribution in [0.1, 0.15) is 0 Å². The third kappa shape index (κ3) is 170.